The van der Waals surface area contributed by atoms with E-state index in [4.69, 9.17) is 0 Å². The molecule has 0 amide bonds. The van der Waals surface area contributed by atoms with Crippen LogP contribution in [0.25, 0.3) is 0 Å². The molecule has 1 nitrogen and oxygen atoms in total. The maximum Gasteiger partial charge on any atom is 0.00923 e. The molecule has 1 atom stereocenters. The van der Waals surface area contributed by atoms with Crippen LogP contribution < -0.4 is 5.32 Å². The predicted octanol–water partition coefficient (Wildman–Crippen LogP) is 6.47. The van der Waals surface area contributed by atoms with Gasteiger partial charge in [0, 0.05) is 6.04 Å². The van der Waals surface area contributed by atoms with E-state index in [1.807, 2.05) is 0 Å². The number of rotatable bonds is 12. The Labute approximate surface area is 134 Å². The molecule has 1 fully saturated rings. The van der Waals surface area contributed by atoms with E-state index in [2.05, 4.69) is 19.3 Å². The Hall–Kier alpha value is -0.0400. The molecule has 0 spiro atoms. The van der Waals surface area contributed by atoms with Crippen LogP contribution in [0, 0.1) is 5.92 Å². The Morgan fingerprint density at radius 1 is 0.762 bits per heavy atom. The fourth-order valence-electron chi connectivity index (χ4n) is 4.00. The van der Waals surface area contributed by atoms with E-state index in [1.165, 1.54) is 103 Å². The van der Waals surface area contributed by atoms with Crippen molar-refractivity contribution in [2.24, 2.45) is 5.92 Å². The minimum Gasteiger partial charge on any atom is -0.317 e. The van der Waals surface area contributed by atoms with Crippen LogP contribution in [-0.4, -0.2) is 13.1 Å². The van der Waals surface area contributed by atoms with Gasteiger partial charge in [-0.3, -0.25) is 0 Å². The zero-order chi connectivity index (χ0) is 15.2. The Morgan fingerprint density at radius 2 is 1.29 bits per heavy atom. The molecule has 1 unspecified atom stereocenters. The minimum atomic E-state index is 0.799. The lowest BCUT2D eigenvalue weighted by Gasteiger charge is -2.26. The van der Waals surface area contributed by atoms with Crippen molar-refractivity contribution in [1.82, 2.24) is 5.32 Å². The van der Waals surface area contributed by atoms with Crippen LogP contribution in [0.3, 0.4) is 0 Å². The lowest BCUT2D eigenvalue weighted by Crippen LogP contribution is -2.33. The zero-order valence-corrected chi connectivity index (χ0v) is 15.0. The second kappa shape index (κ2) is 13.6. The molecular weight excluding hydrogens is 254 g/mol. The van der Waals surface area contributed by atoms with Crippen LogP contribution >= 0.6 is 0 Å². The summed E-state index contributed by atoms with van der Waals surface area (Å²) in [5.74, 6) is 0.964. The van der Waals surface area contributed by atoms with E-state index >= 15 is 0 Å². The van der Waals surface area contributed by atoms with E-state index in [9.17, 15) is 0 Å². The van der Waals surface area contributed by atoms with E-state index in [0.29, 0.717) is 0 Å². The summed E-state index contributed by atoms with van der Waals surface area (Å²) in [6.45, 7) is 2.30. The average Bonchev–Trinajstić information content (AvgIpc) is 2.78. The average molecular weight is 296 g/mol. The maximum atomic E-state index is 3.62. The molecule has 1 aliphatic carbocycles. The third-order valence-electron chi connectivity index (χ3n) is 5.46. The molecule has 1 rings (SSSR count). The molecule has 0 aromatic heterocycles. The lowest BCUT2D eigenvalue weighted by atomic mass is 9.88. The van der Waals surface area contributed by atoms with Crippen LogP contribution in [0.15, 0.2) is 0 Å². The lowest BCUT2D eigenvalue weighted by molar-refractivity contribution is 0.311. The van der Waals surface area contributed by atoms with E-state index in [0.717, 1.165) is 12.0 Å². The molecule has 0 heterocycles. The summed E-state index contributed by atoms with van der Waals surface area (Å²) in [5.41, 5.74) is 0. The predicted molar refractivity (Wildman–Crippen MR) is 95.9 cm³/mol. The van der Waals surface area contributed by atoms with Crippen molar-refractivity contribution in [2.75, 3.05) is 7.05 Å². The highest BCUT2D eigenvalue weighted by Crippen LogP contribution is 2.27. The molecular formula is C20H41N. The van der Waals surface area contributed by atoms with E-state index < -0.39 is 0 Å². The summed E-state index contributed by atoms with van der Waals surface area (Å²) < 4.78 is 0. The van der Waals surface area contributed by atoms with Crippen LogP contribution in [0.4, 0.5) is 0 Å². The summed E-state index contributed by atoms with van der Waals surface area (Å²) in [4.78, 5) is 0. The maximum absolute atomic E-state index is 3.62. The van der Waals surface area contributed by atoms with Crippen molar-refractivity contribution in [3.8, 4) is 0 Å². The first-order valence-corrected chi connectivity index (χ1v) is 10.1. The monoisotopic (exact) mass is 295 g/mol. The molecule has 0 saturated heterocycles. The fraction of sp³-hybridized carbons (Fsp3) is 1.00. The summed E-state index contributed by atoms with van der Waals surface area (Å²) in [6, 6.07) is 0.799. The Bertz CT molecular complexity index is 206. The van der Waals surface area contributed by atoms with Crippen molar-refractivity contribution >= 4 is 0 Å². The van der Waals surface area contributed by atoms with Gasteiger partial charge in [-0.15, -0.1) is 0 Å². The molecule has 0 aromatic carbocycles. The van der Waals surface area contributed by atoms with Gasteiger partial charge in [-0.25, -0.2) is 0 Å². The van der Waals surface area contributed by atoms with Gasteiger partial charge in [0.1, 0.15) is 0 Å². The SMILES string of the molecule is CCCCCCCCCCCC(NC)C1CCCCCC1. The van der Waals surface area contributed by atoms with Crippen LogP contribution in [0.2, 0.25) is 0 Å². The molecule has 1 saturated carbocycles. The summed E-state index contributed by atoms with van der Waals surface area (Å²) in [6.07, 6.45) is 23.3. The van der Waals surface area contributed by atoms with Crippen LogP contribution in [-0.2, 0) is 0 Å². The second-order valence-electron chi connectivity index (χ2n) is 7.26. The van der Waals surface area contributed by atoms with Crippen molar-refractivity contribution in [2.45, 2.75) is 116 Å². The number of hydrogen-bond donors (Lipinski definition) is 1. The highest BCUT2D eigenvalue weighted by molar-refractivity contribution is 4.77. The summed E-state index contributed by atoms with van der Waals surface area (Å²) in [5, 5.41) is 3.62. The van der Waals surface area contributed by atoms with Gasteiger partial charge in [0.15, 0.2) is 0 Å². The molecule has 1 N–H and O–H groups in total. The molecule has 0 aliphatic heterocycles. The molecule has 0 bridgehead atoms. The van der Waals surface area contributed by atoms with Crippen molar-refractivity contribution in [1.29, 1.82) is 0 Å². The first-order chi connectivity index (χ1) is 10.4. The molecule has 0 aromatic rings. The van der Waals surface area contributed by atoms with Gasteiger partial charge in [-0.1, -0.05) is 90.4 Å². The van der Waals surface area contributed by atoms with Crippen LogP contribution in [0.1, 0.15) is 110 Å². The minimum absolute atomic E-state index is 0.799. The Morgan fingerprint density at radius 3 is 1.81 bits per heavy atom. The van der Waals surface area contributed by atoms with Gasteiger partial charge in [0.25, 0.3) is 0 Å². The van der Waals surface area contributed by atoms with Crippen molar-refractivity contribution in [3.63, 3.8) is 0 Å². The highest BCUT2D eigenvalue weighted by Gasteiger charge is 2.20. The highest BCUT2D eigenvalue weighted by atomic mass is 14.9. The molecule has 0 radical (unpaired) electrons. The standard InChI is InChI=1S/C20H41N/c1-3-4-5-6-7-8-9-10-15-18-20(21-2)19-16-13-11-12-14-17-19/h19-21H,3-18H2,1-2H3. The topological polar surface area (TPSA) is 12.0 Å². The zero-order valence-electron chi connectivity index (χ0n) is 15.0. The van der Waals surface area contributed by atoms with Crippen molar-refractivity contribution in [3.05, 3.63) is 0 Å². The smallest absolute Gasteiger partial charge is 0.00923 e. The number of unbranched alkanes of at least 4 members (excludes halogenated alkanes) is 8. The van der Waals surface area contributed by atoms with Crippen molar-refractivity contribution < 1.29 is 0 Å². The molecule has 21 heavy (non-hydrogen) atoms. The van der Waals surface area contributed by atoms with E-state index in [-0.39, 0.29) is 0 Å². The van der Waals surface area contributed by atoms with Gasteiger partial charge in [-0.2, -0.15) is 0 Å². The van der Waals surface area contributed by atoms with Gasteiger partial charge in [0.05, 0.1) is 0 Å². The molecule has 126 valence electrons. The Kier molecular flexibility index (Phi) is 12.3. The Balaban J connectivity index is 1.98. The largest absolute Gasteiger partial charge is 0.317 e. The third kappa shape index (κ3) is 9.55. The second-order valence-corrected chi connectivity index (χ2v) is 7.26. The first-order valence-electron chi connectivity index (χ1n) is 10.1. The fourth-order valence-corrected chi connectivity index (χ4v) is 4.00. The third-order valence-corrected chi connectivity index (χ3v) is 5.46. The number of nitrogens with one attached hydrogen (secondary N) is 1. The summed E-state index contributed by atoms with van der Waals surface area (Å²) in [7, 11) is 2.18. The molecule has 1 heteroatoms. The van der Waals surface area contributed by atoms with Gasteiger partial charge in [-0.05, 0) is 32.2 Å². The van der Waals surface area contributed by atoms with Crippen LogP contribution in [0.5, 0.6) is 0 Å². The van der Waals surface area contributed by atoms with E-state index in [1.54, 1.807) is 0 Å². The number of hydrogen-bond acceptors (Lipinski definition) is 1. The first kappa shape index (κ1) is 19.0. The van der Waals surface area contributed by atoms with Gasteiger partial charge in [0.2, 0.25) is 0 Å². The normalized spacial score (nSPS) is 18.6. The molecule has 1 aliphatic rings. The quantitative estimate of drug-likeness (QED) is 0.321. The summed E-state index contributed by atoms with van der Waals surface area (Å²) >= 11 is 0. The van der Waals surface area contributed by atoms with Gasteiger partial charge >= 0.3 is 0 Å². The van der Waals surface area contributed by atoms with Gasteiger partial charge < -0.3 is 5.32 Å².